The van der Waals surface area contributed by atoms with E-state index in [1.165, 1.54) is 23.6 Å². The number of hydrogen-bond donors (Lipinski definition) is 2. The summed E-state index contributed by atoms with van der Waals surface area (Å²) in [7, 11) is 0. The molecule has 0 unspecified atom stereocenters. The second-order valence-electron chi connectivity index (χ2n) is 4.78. The molecule has 8 heteroatoms. The lowest BCUT2D eigenvalue weighted by atomic mass is 10.1. The zero-order valence-corrected chi connectivity index (χ0v) is 13.5. The summed E-state index contributed by atoms with van der Waals surface area (Å²) >= 11 is 6.83. The van der Waals surface area contributed by atoms with Gasteiger partial charge in [0.15, 0.2) is 5.13 Å². The van der Waals surface area contributed by atoms with Gasteiger partial charge >= 0.3 is 0 Å². The van der Waals surface area contributed by atoms with Gasteiger partial charge in [0.1, 0.15) is 17.4 Å². The van der Waals surface area contributed by atoms with Gasteiger partial charge in [0.25, 0.3) is 5.91 Å². The van der Waals surface area contributed by atoms with Crippen molar-refractivity contribution in [1.82, 2.24) is 4.98 Å². The van der Waals surface area contributed by atoms with Crippen molar-refractivity contribution < 1.29 is 18.7 Å². The number of amides is 1. The van der Waals surface area contributed by atoms with Crippen molar-refractivity contribution in [2.75, 3.05) is 5.32 Å². The van der Waals surface area contributed by atoms with Gasteiger partial charge in [-0.1, -0.05) is 11.6 Å². The molecule has 0 bridgehead atoms. The van der Waals surface area contributed by atoms with E-state index in [1.807, 2.05) is 0 Å². The molecule has 0 saturated carbocycles. The highest BCUT2D eigenvalue weighted by atomic mass is 35.5. The van der Waals surface area contributed by atoms with Gasteiger partial charge in [-0.05, 0) is 36.4 Å². The first-order valence-corrected chi connectivity index (χ1v) is 7.90. The molecule has 24 heavy (non-hydrogen) atoms. The van der Waals surface area contributed by atoms with Crippen LogP contribution >= 0.6 is 22.9 Å². The summed E-state index contributed by atoms with van der Waals surface area (Å²) in [5, 5.41) is 13.7. The monoisotopic (exact) mass is 366 g/mol. The van der Waals surface area contributed by atoms with E-state index in [9.17, 15) is 18.7 Å². The van der Waals surface area contributed by atoms with Crippen LogP contribution in [0.4, 0.5) is 13.9 Å². The largest absolute Gasteiger partial charge is 0.506 e. The van der Waals surface area contributed by atoms with Gasteiger partial charge in [-0.2, -0.15) is 0 Å². The summed E-state index contributed by atoms with van der Waals surface area (Å²) in [5.41, 5.74) is 0.460. The van der Waals surface area contributed by atoms with Crippen molar-refractivity contribution in [3.05, 3.63) is 64.0 Å². The highest BCUT2D eigenvalue weighted by molar-refractivity contribution is 7.14. The molecule has 1 aromatic heterocycles. The number of thiazole rings is 1. The second kappa shape index (κ2) is 6.54. The van der Waals surface area contributed by atoms with E-state index < -0.39 is 17.5 Å². The number of aromatic hydroxyl groups is 1. The lowest BCUT2D eigenvalue weighted by Gasteiger charge is -2.03. The molecule has 3 rings (SSSR count). The predicted octanol–water partition coefficient (Wildman–Crippen LogP) is 4.70. The number of phenols is 1. The zero-order chi connectivity index (χ0) is 17.3. The van der Waals surface area contributed by atoms with Crippen molar-refractivity contribution in [3.63, 3.8) is 0 Å². The van der Waals surface area contributed by atoms with Crippen molar-refractivity contribution >= 4 is 34.0 Å². The Kier molecular flexibility index (Phi) is 4.46. The maximum atomic E-state index is 13.7. The van der Waals surface area contributed by atoms with E-state index in [0.717, 1.165) is 29.5 Å². The van der Waals surface area contributed by atoms with E-state index in [1.54, 1.807) is 0 Å². The van der Waals surface area contributed by atoms with Gasteiger partial charge in [-0.25, -0.2) is 13.8 Å². The predicted molar refractivity (Wildman–Crippen MR) is 88.5 cm³/mol. The van der Waals surface area contributed by atoms with Crippen LogP contribution in [0.15, 0.2) is 41.8 Å². The van der Waals surface area contributed by atoms with E-state index in [4.69, 9.17) is 11.6 Å². The number of carbonyl (C=O) groups is 1. The summed E-state index contributed by atoms with van der Waals surface area (Å²) < 4.78 is 27.0. The fourth-order valence-corrected chi connectivity index (χ4v) is 2.85. The van der Waals surface area contributed by atoms with Crippen molar-refractivity contribution in [1.29, 1.82) is 0 Å². The van der Waals surface area contributed by atoms with Crippen LogP contribution in [-0.4, -0.2) is 16.0 Å². The van der Waals surface area contributed by atoms with Crippen LogP contribution in [0.3, 0.4) is 0 Å². The summed E-state index contributed by atoms with van der Waals surface area (Å²) in [6, 6.07) is 7.08. The van der Waals surface area contributed by atoms with Gasteiger partial charge in [0, 0.05) is 16.5 Å². The van der Waals surface area contributed by atoms with Crippen LogP contribution in [0.1, 0.15) is 10.4 Å². The molecule has 0 aliphatic heterocycles. The molecule has 1 amide bonds. The van der Waals surface area contributed by atoms with Gasteiger partial charge in [-0.3, -0.25) is 10.1 Å². The third kappa shape index (κ3) is 3.37. The molecule has 0 spiro atoms. The average molecular weight is 367 g/mol. The lowest BCUT2D eigenvalue weighted by molar-refractivity contribution is 0.102. The first-order chi connectivity index (χ1) is 11.4. The highest BCUT2D eigenvalue weighted by Crippen LogP contribution is 2.28. The van der Waals surface area contributed by atoms with E-state index in [0.29, 0.717) is 0 Å². The highest BCUT2D eigenvalue weighted by Gasteiger charge is 2.14. The Hall–Kier alpha value is -2.51. The molecule has 122 valence electrons. The van der Waals surface area contributed by atoms with Crippen molar-refractivity contribution in [3.8, 4) is 17.0 Å². The minimum atomic E-state index is -0.607. The Morgan fingerprint density at radius 3 is 2.75 bits per heavy atom. The third-order valence-corrected chi connectivity index (χ3v) is 4.20. The molecule has 0 aliphatic rings. The zero-order valence-electron chi connectivity index (χ0n) is 11.9. The molecule has 1 heterocycles. The molecular weight excluding hydrogens is 358 g/mol. The van der Waals surface area contributed by atoms with Crippen molar-refractivity contribution in [2.45, 2.75) is 0 Å². The summed E-state index contributed by atoms with van der Waals surface area (Å²) in [6.07, 6.45) is 0. The van der Waals surface area contributed by atoms with Crippen LogP contribution < -0.4 is 5.32 Å². The van der Waals surface area contributed by atoms with E-state index >= 15 is 0 Å². The number of nitrogens with zero attached hydrogens (tertiary/aromatic N) is 1. The van der Waals surface area contributed by atoms with Gasteiger partial charge in [-0.15, -0.1) is 11.3 Å². The number of carbonyl (C=O) groups excluding carboxylic acids is 1. The molecular formula is C16H9ClF2N2O2S. The number of hydrogen-bond acceptors (Lipinski definition) is 4. The Labute approximate surface area is 144 Å². The molecule has 0 radical (unpaired) electrons. The van der Waals surface area contributed by atoms with Crippen molar-refractivity contribution in [2.24, 2.45) is 0 Å². The molecule has 2 aromatic carbocycles. The van der Waals surface area contributed by atoms with Gasteiger partial charge < -0.3 is 5.11 Å². The first kappa shape index (κ1) is 16.4. The average Bonchev–Trinajstić information content (AvgIpc) is 3.00. The maximum Gasteiger partial charge on any atom is 0.257 e. The van der Waals surface area contributed by atoms with E-state index in [2.05, 4.69) is 10.3 Å². The fraction of sp³-hybridized carbons (Fsp3) is 0. The summed E-state index contributed by atoms with van der Waals surface area (Å²) in [5.74, 6) is -1.81. The van der Waals surface area contributed by atoms with Gasteiger partial charge in [0.2, 0.25) is 0 Å². The standard InChI is InChI=1S/C16H9ClF2N2O2S/c17-11-5-8(1-4-14(11)22)15(23)21-16-20-13(7-24-16)10-6-9(18)2-3-12(10)19/h1-7,22H,(H,20,21,23). The Morgan fingerprint density at radius 1 is 1.21 bits per heavy atom. The molecule has 0 atom stereocenters. The normalized spacial score (nSPS) is 10.6. The second-order valence-corrected chi connectivity index (χ2v) is 6.05. The SMILES string of the molecule is O=C(Nc1nc(-c2cc(F)ccc2F)cs1)c1ccc(O)c(Cl)c1. The number of nitrogens with one attached hydrogen (secondary N) is 1. The lowest BCUT2D eigenvalue weighted by Crippen LogP contribution is -2.11. The molecule has 0 saturated heterocycles. The Morgan fingerprint density at radius 2 is 2.00 bits per heavy atom. The number of rotatable bonds is 3. The third-order valence-electron chi connectivity index (χ3n) is 3.14. The van der Waals surface area contributed by atoms with Crippen LogP contribution in [0.2, 0.25) is 5.02 Å². The fourth-order valence-electron chi connectivity index (χ4n) is 1.97. The number of aromatic nitrogens is 1. The van der Waals surface area contributed by atoms with Crippen LogP contribution in [-0.2, 0) is 0 Å². The summed E-state index contributed by atoms with van der Waals surface area (Å²) in [6.45, 7) is 0. The smallest absolute Gasteiger partial charge is 0.257 e. The van der Waals surface area contributed by atoms with E-state index in [-0.39, 0.29) is 32.7 Å². The maximum absolute atomic E-state index is 13.7. The molecule has 0 aliphatic carbocycles. The molecule has 2 N–H and O–H groups in total. The topological polar surface area (TPSA) is 62.2 Å². The molecule has 4 nitrogen and oxygen atoms in total. The number of anilines is 1. The first-order valence-electron chi connectivity index (χ1n) is 6.65. The minimum absolute atomic E-state index is 0.0134. The quantitative estimate of drug-likeness (QED) is 0.706. The molecule has 3 aromatic rings. The summed E-state index contributed by atoms with van der Waals surface area (Å²) in [4.78, 5) is 16.2. The minimum Gasteiger partial charge on any atom is -0.506 e. The van der Waals surface area contributed by atoms with Crippen LogP contribution in [0.5, 0.6) is 5.75 Å². The van der Waals surface area contributed by atoms with Gasteiger partial charge in [0.05, 0.1) is 10.7 Å². The number of phenolic OH excluding ortho intramolecular Hbond substituents is 1. The Bertz CT molecular complexity index is 930. The van der Waals surface area contributed by atoms with Crippen LogP contribution in [0, 0.1) is 11.6 Å². The van der Waals surface area contributed by atoms with Crippen LogP contribution in [0.25, 0.3) is 11.3 Å². The molecule has 0 fully saturated rings. The number of benzene rings is 2. The Balaban J connectivity index is 1.82. The number of halogens is 3.